The van der Waals surface area contributed by atoms with E-state index in [0.29, 0.717) is 0 Å². The molecule has 2 aliphatic rings. The zero-order valence-corrected chi connectivity index (χ0v) is 17.3. The van der Waals surface area contributed by atoms with Crippen LogP contribution in [0.3, 0.4) is 0 Å². The summed E-state index contributed by atoms with van der Waals surface area (Å²) in [6.45, 7) is 1.88. The summed E-state index contributed by atoms with van der Waals surface area (Å²) in [5, 5.41) is 14.4. The van der Waals surface area contributed by atoms with E-state index in [-0.39, 0.29) is 24.9 Å². The van der Waals surface area contributed by atoms with Gasteiger partial charge >= 0.3 is 12.1 Å². The number of hydrogen-bond acceptors (Lipinski definition) is 4. The highest BCUT2D eigenvalue weighted by Crippen LogP contribution is 2.44. The van der Waals surface area contributed by atoms with Crippen molar-refractivity contribution in [2.24, 2.45) is 5.92 Å². The average molecular weight is 422 g/mol. The van der Waals surface area contributed by atoms with Gasteiger partial charge in [0.1, 0.15) is 12.6 Å². The largest absolute Gasteiger partial charge is 0.480 e. The fourth-order valence-corrected chi connectivity index (χ4v) is 4.21. The van der Waals surface area contributed by atoms with E-state index in [4.69, 9.17) is 4.74 Å². The number of carboxylic acid groups (broad SMARTS) is 1. The molecule has 1 unspecified atom stereocenters. The molecule has 0 aromatic heterocycles. The van der Waals surface area contributed by atoms with Crippen molar-refractivity contribution in [3.8, 4) is 11.1 Å². The number of fused-ring (bicyclic) bond motifs is 3. The number of hydrogen-bond donors (Lipinski definition) is 3. The van der Waals surface area contributed by atoms with Gasteiger partial charge in [0.05, 0.1) is 0 Å². The summed E-state index contributed by atoms with van der Waals surface area (Å²) in [6, 6.07) is 14.8. The Morgan fingerprint density at radius 2 is 1.58 bits per heavy atom. The van der Waals surface area contributed by atoms with Crippen molar-refractivity contribution >= 4 is 18.0 Å². The molecule has 0 bridgehead atoms. The molecule has 2 atom stereocenters. The molecule has 2 amide bonds. The summed E-state index contributed by atoms with van der Waals surface area (Å²) >= 11 is 0. The molecule has 1 saturated carbocycles. The Morgan fingerprint density at radius 1 is 1.00 bits per heavy atom. The predicted molar refractivity (Wildman–Crippen MR) is 115 cm³/mol. The second kappa shape index (κ2) is 8.79. The minimum absolute atomic E-state index is 0.00634. The fraction of sp³-hybridized carbons (Fsp3) is 0.375. The van der Waals surface area contributed by atoms with Crippen molar-refractivity contribution < 1.29 is 24.2 Å². The summed E-state index contributed by atoms with van der Waals surface area (Å²) in [4.78, 5) is 35.7. The van der Waals surface area contributed by atoms with Gasteiger partial charge < -0.3 is 20.5 Å². The second-order valence-corrected chi connectivity index (χ2v) is 8.30. The van der Waals surface area contributed by atoms with E-state index in [2.05, 4.69) is 22.8 Å². The van der Waals surface area contributed by atoms with Crippen LogP contribution in [0.4, 0.5) is 4.79 Å². The van der Waals surface area contributed by atoms with Crippen LogP contribution >= 0.6 is 0 Å². The number of benzene rings is 2. The highest BCUT2D eigenvalue weighted by Gasteiger charge is 2.37. The summed E-state index contributed by atoms with van der Waals surface area (Å²) in [5.41, 5.74) is 4.56. The first-order valence-corrected chi connectivity index (χ1v) is 10.6. The lowest BCUT2D eigenvalue weighted by molar-refractivity contribution is -0.142. The molecule has 0 saturated heterocycles. The zero-order valence-electron chi connectivity index (χ0n) is 17.3. The minimum atomic E-state index is -1.02. The maximum Gasteiger partial charge on any atom is 0.407 e. The van der Waals surface area contributed by atoms with E-state index >= 15 is 0 Å². The van der Waals surface area contributed by atoms with E-state index in [0.717, 1.165) is 35.1 Å². The number of ether oxygens (including phenoxy) is 1. The first-order chi connectivity index (χ1) is 14.9. The third kappa shape index (κ3) is 4.71. The maximum absolute atomic E-state index is 12.3. The van der Waals surface area contributed by atoms with Gasteiger partial charge in [-0.25, -0.2) is 9.59 Å². The standard InChI is InChI=1S/C24H26N2O5/c1-14(12-21(27)26-22(23(28)29)15-10-11-15)25-24(30)31-13-20-18-8-4-2-6-16(18)17-7-3-5-9-19(17)20/h2-9,14-15,20,22H,10-13H2,1H3,(H,25,30)(H,26,27)(H,28,29)/t14-,22?/m0/s1. The molecule has 2 aromatic rings. The number of carboxylic acids is 1. The van der Waals surface area contributed by atoms with Crippen molar-refractivity contribution in [3.05, 3.63) is 59.7 Å². The number of aliphatic carboxylic acids is 1. The summed E-state index contributed by atoms with van der Waals surface area (Å²) in [7, 11) is 0. The van der Waals surface area contributed by atoms with Crippen molar-refractivity contribution in [2.75, 3.05) is 6.61 Å². The molecule has 4 rings (SSSR count). The Hall–Kier alpha value is -3.35. The van der Waals surface area contributed by atoms with E-state index in [1.807, 2.05) is 36.4 Å². The second-order valence-electron chi connectivity index (χ2n) is 8.30. The molecule has 7 nitrogen and oxygen atoms in total. The third-order valence-corrected chi connectivity index (χ3v) is 5.88. The number of alkyl carbamates (subject to hydrolysis) is 1. The number of amides is 2. The van der Waals surface area contributed by atoms with E-state index in [9.17, 15) is 19.5 Å². The van der Waals surface area contributed by atoms with Crippen molar-refractivity contribution in [3.63, 3.8) is 0 Å². The van der Waals surface area contributed by atoms with Gasteiger partial charge in [0.25, 0.3) is 0 Å². The molecular formula is C24H26N2O5. The smallest absolute Gasteiger partial charge is 0.407 e. The molecule has 0 radical (unpaired) electrons. The van der Waals surface area contributed by atoms with Gasteiger partial charge in [-0.05, 0) is 47.9 Å². The molecule has 1 fully saturated rings. The first-order valence-electron chi connectivity index (χ1n) is 10.6. The molecule has 0 heterocycles. The molecule has 162 valence electrons. The van der Waals surface area contributed by atoms with Gasteiger partial charge in [-0.15, -0.1) is 0 Å². The van der Waals surface area contributed by atoms with Crippen LogP contribution in [0.25, 0.3) is 11.1 Å². The molecule has 2 aliphatic carbocycles. The number of carbonyl (C=O) groups excluding carboxylic acids is 2. The molecule has 0 spiro atoms. The third-order valence-electron chi connectivity index (χ3n) is 5.88. The Kier molecular flexibility index (Phi) is 5.93. The fourth-order valence-electron chi connectivity index (χ4n) is 4.21. The van der Waals surface area contributed by atoms with Crippen LogP contribution < -0.4 is 10.6 Å². The predicted octanol–water partition coefficient (Wildman–Crippen LogP) is 3.28. The van der Waals surface area contributed by atoms with Crippen LogP contribution in [0.5, 0.6) is 0 Å². The van der Waals surface area contributed by atoms with Crippen LogP contribution in [0.2, 0.25) is 0 Å². The first kappa shape index (κ1) is 20.9. The Balaban J connectivity index is 1.29. The van der Waals surface area contributed by atoms with Gasteiger partial charge in [-0.3, -0.25) is 4.79 Å². The van der Waals surface area contributed by atoms with Gasteiger partial charge in [-0.1, -0.05) is 48.5 Å². The highest BCUT2D eigenvalue weighted by molar-refractivity contribution is 5.84. The minimum Gasteiger partial charge on any atom is -0.480 e. The van der Waals surface area contributed by atoms with E-state index < -0.39 is 30.1 Å². The highest BCUT2D eigenvalue weighted by atomic mass is 16.5. The number of nitrogens with one attached hydrogen (secondary N) is 2. The topological polar surface area (TPSA) is 105 Å². The van der Waals surface area contributed by atoms with Crippen LogP contribution in [0, 0.1) is 5.92 Å². The average Bonchev–Trinajstić information content (AvgIpc) is 3.53. The molecule has 7 heteroatoms. The monoisotopic (exact) mass is 422 g/mol. The summed E-state index contributed by atoms with van der Waals surface area (Å²) in [5.74, 6) is -1.45. The van der Waals surface area contributed by atoms with Crippen LogP contribution in [0.15, 0.2) is 48.5 Å². The Bertz CT molecular complexity index is 955. The van der Waals surface area contributed by atoms with Crippen LogP contribution in [-0.4, -0.2) is 41.8 Å². The van der Waals surface area contributed by atoms with E-state index in [1.54, 1.807) is 6.92 Å². The maximum atomic E-state index is 12.3. The lowest BCUT2D eigenvalue weighted by atomic mass is 9.98. The van der Waals surface area contributed by atoms with Gasteiger partial charge in [0.2, 0.25) is 5.91 Å². The van der Waals surface area contributed by atoms with Crippen LogP contribution in [-0.2, 0) is 14.3 Å². The summed E-state index contributed by atoms with van der Waals surface area (Å²) in [6.07, 6.45) is 1.01. The lowest BCUT2D eigenvalue weighted by Crippen LogP contribution is -2.45. The van der Waals surface area contributed by atoms with Gasteiger partial charge in [0, 0.05) is 18.4 Å². The normalized spacial score (nSPS) is 16.5. The Morgan fingerprint density at radius 3 is 2.13 bits per heavy atom. The zero-order chi connectivity index (χ0) is 22.0. The molecular weight excluding hydrogens is 396 g/mol. The SMILES string of the molecule is C[C@@H](CC(=O)NC(C(=O)O)C1CC1)NC(=O)OCC1c2ccccc2-c2ccccc21. The molecule has 3 N–H and O–H groups in total. The van der Waals surface area contributed by atoms with E-state index in [1.165, 1.54) is 0 Å². The molecule has 0 aliphatic heterocycles. The van der Waals surface area contributed by atoms with Crippen molar-refractivity contribution in [1.82, 2.24) is 10.6 Å². The van der Waals surface area contributed by atoms with Gasteiger partial charge in [-0.2, -0.15) is 0 Å². The lowest BCUT2D eigenvalue weighted by Gasteiger charge is -2.18. The Labute approximate surface area is 180 Å². The van der Waals surface area contributed by atoms with Gasteiger partial charge in [0.15, 0.2) is 0 Å². The quantitative estimate of drug-likeness (QED) is 0.606. The number of rotatable bonds is 8. The van der Waals surface area contributed by atoms with Crippen molar-refractivity contribution in [1.29, 1.82) is 0 Å². The molecule has 31 heavy (non-hydrogen) atoms. The van der Waals surface area contributed by atoms with Crippen molar-refractivity contribution in [2.45, 2.75) is 44.2 Å². The summed E-state index contributed by atoms with van der Waals surface area (Å²) < 4.78 is 5.48. The molecule has 2 aromatic carbocycles. The van der Waals surface area contributed by atoms with Crippen LogP contribution in [0.1, 0.15) is 43.2 Å². The number of carbonyl (C=O) groups is 3.